The maximum absolute atomic E-state index is 10.9. The van der Waals surface area contributed by atoms with Crippen LogP contribution in [-0.2, 0) is 32.3 Å². The Kier molecular flexibility index (Phi) is 21.6. The van der Waals surface area contributed by atoms with Gasteiger partial charge in [0.2, 0.25) is 6.29 Å². The highest BCUT2D eigenvalue weighted by Gasteiger charge is 2.38. The van der Waals surface area contributed by atoms with Gasteiger partial charge in [0.1, 0.15) is 36.1 Å². The van der Waals surface area contributed by atoms with Gasteiger partial charge in [-0.3, -0.25) is 19.6 Å². The zero-order valence-corrected chi connectivity index (χ0v) is 29.4. The number of pyridine rings is 4. The van der Waals surface area contributed by atoms with Gasteiger partial charge in [-0.25, -0.2) is 24.4 Å². The zero-order valence-electron chi connectivity index (χ0n) is 30.4. The van der Waals surface area contributed by atoms with E-state index in [-0.39, 0.29) is 24.6 Å². The number of aliphatic carboxylic acids is 1. The van der Waals surface area contributed by atoms with Crippen LogP contribution < -0.4 is 9.47 Å². The second-order valence-electron chi connectivity index (χ2n) is 9.43. The average Bonchev–Trinajstić information content (AvgIpc) is 3.18. The van der Waals surface area contributed by atoms with Gasteiger partial charge in [0.15, 0.2) is 12.6 Å². The molecule has 22 heteroatoms. The molecule has 0 aromatic carbocycles. The van der Waals surface area contributed by atoms with E-state index in [4.69, 9.17) is 45.2 Å². The number of nitrogens with zero attached hydrogens (tertiary/aromatic N) is 4. The number of aromatic carboxylic acids is 2. The maximum atomic E-state index is 10.9. The van der Waals surface area contributed by atoms with Crippen LogP contribution in [0.5, 0.6) is 11.5 Å². The van der Waals surface area contributed by atoms with Gasteiger partial charge in [-0.15, -0.1) is 0 Å². The maximum Gasteiger partial charge on any atom is 0.490 e. The van der Waals surface area contributed by atoms with Crippen molar-refractivity contribution in [2.75, 3.05) is 14.2 Å². The Morgan fingerprint density at radius 1 is 0.768 bits per heavy atom. The van der Waals surface area contributed by atoms with Crippen LogP contribution in [-0.4, -0.2) is 92.3 Å². The number of carboxylic acid groups (broad SMARTS) is 3. The van der Waals surface area contributed by atoms with Crippen LogP contribution in [0.4, 0.5) is 26.3 Å². The predicted molar refractivity (Wildman–Crippen MR) is 179 cm³/mol. The SMILES string of the molecule is COC(OC)c1ccncc1OCc1cccc(C(=O)O)n1.O=C(O)C(F)(F)F.O=CC(F)(F)F.O=Cc1ccncc1OCc1cccc(C(=O)O)n1.[2H]CC. The van der Waals surface area contributed by atoms with Crippen LogP contribution in [0.15, 0.2) is 73.3 Å². The minimum absolute atomic E-state index is 0.0285. The summed E-state index contributed by atoms with van der Waals surface area (Å²) in [6, 6.07) is 12.6. The van der Waals surface area contributed by atoms with Gasteiger partial charge in [-0.2, -0.15) is 26.3 Å². The topological polar surface area (TPSA) is 235 Å². The van der Waals surface area contributed by atoms with Crippen molar-refractivity contribution in [3.05, 3.63) is 107 Å². The highest BCUT2D eigenvalue weighted by Crippen LogP contribution is 2.27. The van der Waals surface area contributed by atoms with Crippen molar-refractivity contribution in [3.63, 3.8) is 0 Å². The first-order valence-corrected chi connectivity index (χ1v) is 14.9. The lowest BCUT2D eigenvalue weighted by Gasteiger charge is -2.17. The van der Waals surface area contributed by atoms with E-state index < -0.39 is 42.8 Å². The number of carboxylic acids is 3. The molecule has 0 bridgehead atoms. The van der Waals surface area contributed by atoms with Crippen molar-refractivity contribution in [1.82, 2.24) is 19.9 Å². The summed E-state index contributed by atoms with van der Waals surface area (Å²) in [7, 11) is 3.05. The predicted octanol–water partition coefficient (Wildman–Crippen LogP) is 6.02. The number of alkyl halides is 6. The molecule has 0 unspecified atom stereocenters. The van der Waals surface area contributed by atoms with E-state index in [9.17, 15) is 40.7 Å². The molecule has 0 saturated heterocycles. The molecular formula is C34H34F6N4O12. The van der Waals surface area contributed by atoms with Crippen LogP contribution in [0, 0.1) is 0 Å². The van der Waals surface area contributed by atoms with Crippen molar-refractivity contribution in [1.29, 1.82) is 0 Å². The molecule has 0 amide bonds. The van der Waals surface area contributed by atoms with Crippen LogP contribution in [0.25, 0.3) is 0 Å². The summed E-state index contributed by atoms with van der Waals surface area (Å²) in [5.74, 6) is -4.12. The lowest BCUT2D eigenvalue weighted by atomic mass is 10.2. The monoisotopic (exact) mass is 805 g/mol. The fraction of sp³-hybridized carbons (Fsp3) is 0.265. The van der Waals surface area contributed by atoms with Crippen LogP contribution in [0.1, 0.15) is 69.8 Å². The molecular weight excluding hydrogens is 770 g/mol. The summed E-state index contributed by atoms with van der Waals surface area (Å²) in [5, 5.41) is 24.9. The van der Waals surface area contributed by atoms with Crippen molar-refractivity contribution in [3.8, 4) is 11.5 Å². The largest absolute Gasteiger partial charge is 0.490 e. The Balaban J connectivity index is 0.000000806. The lowest BCUT2D eigenvalue weighted by Crippen LogP contribution is -2.21. The van der Waals surface area contributed by atoms with E-state index in [1.807, 2.05) is 0 Å². The Morgan fingerprint density at radius 2 is 1.18 bits per heavy atom. The molecule has 0 aliphatic rings. The molecule has 0 aliphatic carbocycles. The Morgan fingerprint density at radius 3 is 1.55 bits per heavy atom. The quantitative estimate of drug-likeness (QED) is 0.0844. The molecule has 4 heterocycles. The number of hydrogen-bond acceptors (Lipinski definition) is 13. The average molecular weight is 806 g/mol. The lowest BCUT2D eigenvalue weighted by molar-refractivity contribution is -0.192. The molecule has 3 N–H and O–H groups in total. The number of ether oxygens (including phenoxy) is 4. The summed E-state index contributed by atoms with van der Waals surface area (Å²) in [6.07, 6.45) is -4.63. The highest BCUT2D eigenvalue weighted by molar-refractivity contribution is 5.85. The van der Waals surface area contributed by atoms with E-state index in [1.165, 1.54) is 44.8 Å². The minimum Gasteiger partial charge on any atom is -0.485 e. The number of aldehydes is 2. The first-order valence-electron chi connectivity index (χ1n) is 15.6. The zero-order chi connectivity index (χ0) is 43.6. The van der Waals surface area contributed by atoms with Crippen LogP contribution in [0.2, 0.25) is 0 Å². The molecule has 4 rings (SSSR count). The first kappa shape index (κ1) is 47.5. The molecule has 0 spiro atoms. The normalized spacial score (nSPS) is 10.5. The van der Waals surface area contributed by atoms with E-state index in [0.717, 1.165) is 0 Å². The van der Waals surface area contributed by atoms with Crippen molar-refractivity contribution in [2.24, 2.45) is 0 Å². The molecule has 4 aromatic heterocycles. The number of aromatic nitrogens is 4. The third kappa shape index (κ3) is 19.5. The third-order valence-electron chi connectivity index (χ3n) is 5.62. The van der Waals surface area contributed by atoms with Gasteiger partial charge in [-0.1, -0.05) is 26.0 Å². The van der Waals surface area contributed by atoms with Gasteiger partial charge in [-0.05, 0) is 36.4 Å². The summed E-state index contributed by atoms with van der Waals surface area (Å²) in [4.78, 5) is 65.8. The number of halogens is 6. The summed E-state index contributed by atoms with van der Waals surface area (Å²) in [6.45, 7) is 2.47. The summed E-state index contributed by atoms with van der Waals surface area (Å²) in [5.41, 5.74) is 1.95. The molecule has 56 heavy (non-hydrogen) atoms. The third-order valence-corrected chi connectivity index (χ3v) is 5.62. The Labute approximate surface area is 315 Å². The number of hydrogen-bond donors (Lipinski definition) is 3. The van der Waals surface area contributed by atoms with Gasteiger partial charge < -0.3 is 34.3 Å². The minimum atomic E-state index is -5.08. The van der Waals surface area contributed by atoms with Crippen molar-refractivity contribution >= 4 is 30.5 Å². The van der Waals surface area contributed by atoms with Crippen LogP contribution in [0.3, 0.4) is 0 Å². The van der Waals surface area contributed by atoms with E-state index in [0.29, 0.717) is 47.2 Å². The number of rotatable bonds is 12. The van der Waals surface area contributed by atoms with Crippen LogP contribution >= 0.6 is 0 Å². The smallest absolute Gasteiger partial charge is 0.485 e. The fourth-order valence-corrected chi connectivity index (χ4v) is 3.33. The van der Waals surface area contributed by atoms with Gasteiger partial charge >= 0.3 is 30.3 Å². The second-order valence-corrected chi connectivity index (χ2v) is 9.43. The molecule has 0 fully saturated rings. The van der Waals surface area contributed by atoms with E-state index >= 15 is 0 Å². The standard InChI is InChI=1S/C15H16N2O5.C13H10N2O4.C2HF3O2.C2HF3O.C2H6/c1-20-15(21-2)11-6-7-16-8-13(11)22-9-10-4-3-5-12(17-10)14(18)19;16-7-9-4-5-14-6-12(9)19-8-10-2-1-3-11(15-10)13(17)18;3-2(4,5)1(6)7;3-2(4,5)1-6;1-2/h3-8,15H,9H2,1-2H3,(H,18,19);1-7H,8H2,(H,17,18);(H,6,7);1H;1-2H3/i;;;;1D. The second kappa shape index (κ2) is 25.5. The molecule has 304 valence electrons. The van der Waals surface area contributed by atoms with Gasteiger partial charge in [0, 0.05) is 28.0 Å². The highest BCUT2D eigenvalue weighted by atomic mass is 19.4. The molecule has 16 nitrogen and oxygen atoms in total. The summed E-state index contributed by atoms with van der Waals surface area (Å²) < 4.78 is 90.7. The van der Waals surface area contributed by atoms with Gasteiger partial charge in [0.25, 0.3) is 0 Å². The molecule has 0 atom stereocenters. The molecule has 0 saturated carbocycles. The molecule has 0 aliphatic heterocycles. The Bertz CT molecular complexity index is 1870. The fourth-order valence-electron chi connectivity index (χ4n) is 3.33. The molecule has 4 aromatic rings. The number of carbonyl (C=O) groups excluding carboxylic acids is 2. The van der Waals surface area contributed by atoms with Gasteiger partial charge in [0.05, 0.1) is 34.9 Å². The molecule has 0 radical (unpaired) electrons. The van der Waals surface area contributed by atoms with E-state index in [2.05, 4.69) is 19.9 Å². The first-order chi connectivity index (χ1) is 26.8. The van der Waals surface area contributed by atoms with Crippen molar-refractivity contribution in [2.45, 2.75) is 45.7 Å². The number of methoxy groups -OCH3 is 2. The van der Waals surface area contributed by atoms with E-state index in [1.54, 1.807) is 49.6 Å². The summed E-state index contributed by atoms with van der Waals surface area (Å²) >= 11 is 0. The Hall–Kier alpha value is -6.55. The number of carbonyl (C=O) groups is 5. The van der Waals surface area contributed by atoms with Crippen molar-refractivity contribution < 1.29 is 86.0 Å².